The Morgan fingerprint density at radius 1 is 0.131 bits per heavy atom. The molecule has 0 radical (unpaired) electrons. The van der Waals surface area contributed by atoms with Crippen molar-refractivity contribution in [3.8, 4) is 188 Å². The van der Waals surface area contributed by atoms with Crippen LogP contribution in [0, 0.1) is 0 Å². The number of para-hydroxylation sites is 1. The summed E-state index contributed by atoms with van der Waals surface area (Å²) < 4.78 is 2.33. The van der Waals surface area contributed by atoms with E-state index in [1.165, 1.54) is 137 Å². The first-order valence-electron chi connectivity index (χ1n) is 44.5. The molecule has 0 bridgehead atoms. The summed E-state index contributed by atoms with van der Waals surface area (Å²) in [6, 6.07) is 179. The Morgan fingerprint density at radius 3 is 0.800 bits per heavy atom. The SMILES string of the molecule is c1ccc(-c2cc(-c3ccc(-c4c5ccccc5c(-c5cccc(-c6nc7cccc(-c8ccc(-c9c(-c%10ccccc%10)cc(-c%10cccc(-c%11cccc(-c%12c%13ccccc%13c(-c%13nc%14ccccc%14s%13)c%13ccccc%12%13)c%11)c%10)c(-c%10ccccc%10)c9-c9ccccc9)cc8)c7s6)c5)c5ccccc45)cc3)c(-c3ccccc3)c(-c3ccccc3)c2-c2ccccc2)cc1. The van der Waals surface area contributed by atoms with Gasteiger partial charge in [-0.05, 0) is 253 Å². The monoisotopic (exact) mass is 1680 g/mol. The van der Waals surface area contributed by atoms with Crippen LogP contribution in [0.4, 0.5) is 0 Å². The third-order valence-electron chi connectivity index (χ3n) is 25.9. The van der Waals surface area contributed by atoms with Gasteiger partial charge in [0.15, 0.2) is 0 Å². The minimum atomic E-state index is 0.971. The second-order valence-electron chi connectivity index (χ2n) is 33.5. The van der Waals surface area contributed by atoms with Crippen molar-refractivity contribution >= 4 is 86.2 Å². The normalized spacial score (nSPS) is 11.5. The van der Waals surface area contributed by atoms with E-state index in [2.05, 4.69) is 485 Å². The van der Waals surface area contributed by atoms with Gasteiger partial charge >= 0.3 is 0 Å². The smallest absolute Gasteiger partial charge is 0.125 e. The number of rotatable bonds is 17. The maximum Gasteiger partial charge on any atom is 0.125 e. The highest BCUT2D eigenvalue weighted by molar-refractivity contribution is 7.22. The van der Waals surface area contributed by atoms with Crippen LogP contribution in [0.5, 0.6) is 0 Å². The fourth-order valence-corrected chi connectivity index (χ4v) is 22.3. The zero-order valence-electron chi connectivity index (χ0n) is 70.9. The minimum absolute atomic E-state index is 0.971. The molecule has 0 saturated heterocycles. The summed E-state index contributed by atoms with van der Waals surface area (Å²) in [5, 5.41) is 11.6. The largest absolute Gasteiger partial charge is 0.236 e. The predicted octanol–water partition coefficient (Wildman–Crippen LogP) is 35.9. The van der Waals surface area contributed by atoms with E-state index < -0.39 is 0 Å². The zero-order chi connectivity index (χ0) is 86.0. The van der Waals surface area contributed by atoms with Gasteiger partial charge in [-0.15, -0.1) is 22.7 Å². The lowest BCUT2D eigenvalue weighted by Gasteiger charge is -2.25. The van der Waals surface area contributed by atoms with Gasteiger partial charge in [0.25, 0.3) is 0 Å². The molecular formula is C126H80N2S2. The van der Waals surface area contributed by atoms with Gasteiger partial charge in [0.05, 0.1) is 20.4 Å². The van der Waals surface area contributed by atoms with Gasteiger partial charge < -0.3 is 0 Å². The Kier molecular flexibility index (Phi) is 19.7. The average Bonchev–Trinajstić information content (AvgIpc) is 0.911. The van der Waals surface area contributed by atoms with E-state index >= 15 is 0 Å². The van der Waals surface area contributed by atoms with Crippen LogP contribution >= 0.6 is 22.7 Å². The summed E-state index contributed by atoms with van der Waals surface area (Å²) in [6.45, 7) is 0. The molecule has 0 saturated carbocycles. The molecule has 2 heterocycles. The van der Waals surface area contributed by atoms with Crippen LogP contribution in [-0.4, -0.2) is 9.97 Å². The van der Waals surface area contributed by atoms with Crippen molar-refractivity contribution in [3.63, 3.8) is 0 Å². The third kappa shape index (κ3) is 13.8. The average molecular weight is 1690 g/mol. The summed E-state index contributed by atoms with van der Waals surface area (Å²) in [4.78, 5) is 10.8. The topological polar surface area (TPSA) is 25.8 Å². The molecule has 0 unspecified atom stereocenters. The van der Waals surface area contributed by atoms with Gasteiger partial charge in [-0.1, -0.05) is 437 Å². The first-order chi connectivity index (χ1) is 64.5. The highest BCUT2D eigenvalue weighted by Crippen LogP contribution is 2.56. The van der Waals surface area contributed by atoms with Crippen molar-refractivity contribution in [1.29, 1.82) is 0 Å². The van der Waals surface area contributed by atoms with Crippen molar-refractivity contribution in [2.24, 2.45) is 0 Å². The second kappa shape index (κ2) is 33.2. The Bertz CT molecular complexity index is 8310. The van der Waals surface area contributed by atoms with Gasteiger partial charge in [-0.3, -0.25) is 0 Å². The first-order valence-corrected chi connectivity index (χ1v) is 46.1. The second-order valence-corrected chi connectivity index (χ2v) is 35.5. The Labute approximate surface area is 763 Å². The summed E-state index contributed by atoms with van der Waals surface area (Å²) in [5.41, 5.74) is 39.2. The summed E-state index contributed by atoms with van der Waals surface area (Å²) in [5.74, 6) is 0. The molecule has 4 heteroatoms. The molecule has 0 amide bonds. The number of thiazole rings is 2. The molecule has 606 valence electrons. The summed E-state index contributed by atoms with van der Waals surface area (Å²) in [6.07, 6.45) is 0. The van der Waals surface area contributed by atoms with Crippen LogP contribution in [0.2, 0.25) is 0 Å². The highest BCUT2D eigenvalue weighted by atomic mass is 32.1. The van der Waals surface area contributed by atoms with Gasteiger partial charge in [0, 0.05) is 16.7 Å². The van der Waals surface area contributed by atoms with Crippen LogP contribution in [0.3, 0.4) is 0 Å². The molecule has 0 N–H and O–H groups in total. The lowest BCUT2D eigenvalue weighted by Crippen LogP contribution is -1.98. The van der Waals surface area contributed by atoms with Crippen molar-refractivity contribution in [1.82, 2.24) is 9.97 Å². The molecule has 0 spiro atoms. The maximum atomic E-state index is 5.51. The van der Waals surface area contributed by atoms with E-state index in [0.29, 0.717) is 0 Å². The molecule has 130 heavy (non-hydrogen) atoms. The van der Waals surface area contributed by atoms with Crippen molar-refractivity contribution in [2.75, 3.05) is 0 Å². The minimum Gasteiger partial charge on any atom is -0.236 e. The number of benzene rings is 22. The fourth-order valence-electron chi connectivity index (χ4n) is 20.2. The molecular weight excluding hydrogens is 1610 g/mol. The molecule has 0 aliphatic rings. The molecule has 24 rings (SSSR count). The van der Waals surface area contributed by atoms with E-state index in [-0.39, 0.29) is 0 Å². The predicted molar refractivity (Wildman–Crippen MR) is 555 cm³/mol. The summed E-state index contributed by atoms with van der Waals surface area (Å²) >= 11 is 3.53. The van der Waals surface area contributed by atoms with Gasteiger partial charge in [-0.25, -0.2) is 9.97 Å². The highest BCUT2D eigenvalue weighted by Gasteiger charge is 2.29. The van der Waals surface area contributed by atoms with E-state index in [1.807, 2.05) is 0 Å². The quantitative estimate of drug-likeness (QED) is 0.0849. The van der Waals surface area contributed by atoms with Crippen LogP contribution in [0.15, 0.2) is 485 Å². The Hall–Kier alpha value is -16.3. The van der Waals surface area contributed by atoms with Crippen LogP contribution < -0.4 is 0 Å². The van der Waals surface area contributed by atoms with Gasteiger partial charge in [0.2, 0.25) is 0 Å². The standard InChI is InChI=1S/C126H80N2S2/c1-8-36-81(37-9-1)107-79-109(118(86-42-14-4-15-43-86)121(88-46-18-6-19-47-88)117(107)85-40-12-3-13-41-85)84-70-72-90(73-71-84)114-99-56-22-24-58-101(99)116(102-59-25-23-57-100(102)114)96-54-34-55-97(78-96)125-128-112-66-35-64-98(124(112)130-125)83-68-74-91(75-69-83)120-108(82-38-10-2-11-39-82)80-110(119(87-44-16-5-17-45-87)122(120)89-48-20-7-21-49-89)94-52-32-50-92(76-94)93-51-33-53-95(77-93)115-103-60-26-28-62-105(103)123(106-63-29-27-61-104(106)115)126-127-111-65-30-31-67-113(111)129-126/h1-80H. The van der Waals surface area contributed by atoms with Crippen molar-refractivity contribution in [2.45, 2.75) is 0 Å². The number of aromatic nitrogens is 2. The van der Waals surface area contributed by atoms with Crippen LogP contribution in [0.25, 0.3) is 252 Å². The molecule has 0 fully saturated rings. The molecule has 22 aromatic carbocycles. The molecule has 24 aromatic rings. The molecule has 2 aromatic heterocycles. The molecule has 0 aliphatic heterocycles. The number of nitrogens with zero attached hydrogens (tertiary/aromatic N) is 2. The number of hydrogen-bond donors (Lipinski definition) is 0. The molecule has 0 atom stereocenters. The van der Waals surface area contributed by atoms with Crippen molar-refractivity contribution in [3.05, 3.63) is 485 Å². The number of fused-ring (bicyclic) bond motifs is 6. The van der Waals surface area contributed by atoms with E-state index in [9.17, 15) is 0 Å². The van der Waals surface area contributed by atoms with Gasteiger partial charge in [0.1, 0.15) is 10.0 Å². The van der Waals surface area contributed by atoms with Crippen molar-refractivity contribution < 1.29 is 0 Å². The maximum absolute atomic E-state index is 5.51. The Morgan fingerprint density at radius 2 is 0.385 bits per heavy atom. The van der Waals surface area contributed by atoms with E-state index in [1.54, 1.807) is 22.7 Å². The first kappa shape index (κ1) is 77.2. The fraction of sp³-hybridized carbons (Fsp3) is 0. The van der Waals surface area contributed by atoms with Gasteiger partial charge in [-0.2, -0.15) is 0 Å². The van der Waals surface area contributed by atoms with E-state index in [4.69, 9.17) is 9.97 Å². The summed E-state index contributed by atoms with van der Waals surface area (Å²) in [7, 11) is 0. The lowest BCUT2D eigenvalue weighted by atomic mass is 9.78. The molecule has 0 aliphatic carbocycles. The van der Waals surface area contributed by atoms with Crippen LogP contribution in [0.1, 0.15) is 0 Å². The zero-order valence-corrected chi connectivity index (χ0v) is 72.5. The third-order valence-corrected chi connectivity index (χ3v) is 28.2. The Balaban J connectivity index is 0.591. The molecule has 2 nitrogen and oxygen atoms in total. The lowest BCUT2D eigenvalue weighted by molar-refractivity contribution is 1.48. The van der Waals surface area contributed by atoms with Crippen LogP contribution in [-0.2, 0) is 0 Å². The van der Waals surface area contributed by atoms with E-state index in [0.717, 1.165) is 115 Å². The number of hydrogen-bond acceptors (Lipinski definition) is 4.